The molecular formula is C38H27NOS2. The molecule has 0 amide bonds. The Kier molecular flexibility index (Phi) is 5.72. The minimum atomic E-state index is -0.0422. The van der Waals surface area contributed by atoms with E-state index < -0.39 is 0 Å². The largest absolute Gasteiger partial charge is 0.309 e. The lowest BCUT2D eigenvalue weighted by molar-refractivity contribution is 0.112. The van der Waals surface area contributed by atoms with E-state index >= 15 is 0 Å². The van der Waals surface area contributed by atoms with Gasteiger partial charge in [0.25, 0.3) is 0 Å². The second-order valence-corrected chi connectivity index (χ2v) is 13.6. The smallest absolute Gasteiger partial charge is 0.160 e. The minimum Gasteiger partial charge on any atom is -0.309 e. The molecule has 0 N–H and O–H groups in total. The average molecular weight is 578 g/mol. The van der Waals surface area contributed by atoms with Crippen LogP contribution in [0.4, 0.5) is 0 Å². The van der Waals surface area contributed by atoms with Gasteiger partial charge in [0.1, 0.15) is 0 Å². The van der Waals surface area contributed by atoms with E-state index in [-0.39, 0.29) is 5.41 Å². The van der Waals surface area contributed by atoms with Gasteiger partial charge >= 0.3 is 0 Å². The quantitative estimate of drug-likeness (QED) is 0.187. The summed E-state index contributed by atoms with van der Waals surface area (Å²) in [6.07, 6.45) is 5.12. The zero-order valence-electron chi connectivity index (χ0n) is 23.3. The van der Waals surface area contributed by atoms with Gasteiger partial charge in [0, 0.05) is 36.5 Å². The predicted octanol–water partition coefficient (Wildman–Crippen LogP) is 10.9. The predicted molar refractivity (Wildman–Crippen MR) is 180 cm³/mol. The van der Waals surface area contributed by atoms with Gasteiger partial charge in [0.2, 0.25) is 0 Å². The molecule has 0 spiro atoms. The molecule has 4 aromatic carbocycles. The van der Waals surface area contributed by atoms with Crippen molar-refractivity contribution in [1.82, 2.24) is 4.57 Å². The van der Waals surface area contributed by atoms with E-state index in [9.17, 15) is 4.79 Å². The number of thiophene rings is 2. The van der Waals surface area contributed by atoms with Gasteiger partial charge in [-0.1, -0.05) is 68.4 Å². The summed E-state index contributed by atoms with van der Waals surface area (Å²) in [4.78, 5) is 15.3. The fraction of sp³-hybridized carbons (Fsp3) is 0.0789. The number of para-hydroxylation sites is 1. The third-order valence-corrected chi connectivity index (χ3v) is 10.7. The molecular weight excluding hydrogens is 551 g/mol. The van der Waals surface area contributed by atoms with Crippen molar-refractivity contribution < 1.29 is 4.79 Å². The van der Waals surface area contributed by atoms with E-state index in [0.717, 1.165) is 16.0 Å². The molecule has 1 aliphatic rings. The highest BCUT2D eigenvalue weighted by Crippen LogP contribution is 2.49. The van der Waals surface area contributed by atoms with E-state index in [0.29, 0.717) is 0 Å². The lowest BCUT2D eigenvalue weighted by Crippen LogP contribution is -2.15. The zero-order chi connectivity index (χ0) is 28.4. The summed E-state index contributed by atoms with van der Waals surface area (Å²) in [7, 11) is 0. The molecule has 1 aliphatic carbocycles. The Morgan fingerprint density at radius 3 is 2.19 bits per heavy atom. The molecule has 7 aromatic rings. The third-order valence-electron chi connectivity index (χ3n) is 8.58. The summed E-state index contributed by atoms with van der Waals surface area (Å²) in [5, 5.41) is 2.52. The van der Waals surface area contributed by atoms with Gasteiger partial charge in [0.05, 0.1) is 15.9 Å². The van der Waals surface area contributed by atoms with Crippen LogP contribution >= 0.6 is 22.7 Å². The molecule has 42 heavy (non-hydrogen) atoms. The highest BCUT2D eigenvalue weighted by molar-refractivity contribution is 7.16. The van der Waals surface area contributed by atoms with Crippen LogP contribution in [0.15, 0.2) is 109 Å². The number of benzene rings is 4. The summed E-state index contributed by atoms with van der Waals surface area (Å²) < 4.78 is 2.42. The standard InChI is InChI=1S/C38H27NOS2/c1-38(2)33-9-5-3-7-29(33)30-18-12-25(22-34(30)38)39-35-10-6-4-8-31(35)32-21-24(11-19-36(32)39)37-20-17-27(42-37)14-13-26-15-16-28(23-40)41-26/h3-23H,1-2H3. The average Bonchev–Trinajstić information content (AvgIpc) is 3.80. The fourth-order valence-electron chi connectivity index (χ4n) is 6.52. The van der Waals surface area contributed by atoms with Crippen molar-refractivity contribution in [3.8, 4) is 27.3 Å². The number of carbonyl (C=O) groups excluding carboxylic acids is 1. The van der Waals surface area contributed by atoms with E-state index in [2.05, 4.69) is 128 Å². The topological polar surface area (TPSA) is 22.0 Å². The van der Waals surface area contributed by atoms with Crippen LogP contribution < -0.4 is 0 Å². The van der Waals surface area contributed by atoms with Crippen LogP contribution in [0.2, 0.25) is 0 Å². The van der Waals surface area contributed by atoms with Gasteiger partial charge in [-0.25, -0.2) is 0 Å². The fourth-order valence-corrected chi connectivity index (χ4v) is 8.15. The number of hydrogen-bond acceptors (Lipinski definition) is 3. The molecule has 0 aliphatic heterocycles. The normalized spacial score (nSPS) is 13.7. The molecule has 3 aromatic heterocycles. The first-order valence-electron chi connectivity index (χ1n) is 14.1. The number of carbonyl (C=O) groups is 1. The van der Waals surface area contributed by atoms with Crippen molar-refractivity contribution in [1.29, 1.82) is 0 Å². The highest BCUT2D eigenvalue weighted by atomic mass is 32.1. The van der Waals surface area contributed by atoms with Gasteiger partial charge in [0.15, 0.2) is 6.29 Å². The summed E-state index contributed by atoms with van der Waals surface area (Å²) in [6.45, 7) is 4.68. The summed E-state index contributed by atoms with van der Waals surface area (Å²) >= 11 is 3.29. The molecule has 0 atom stereocenters. The number of hydrogen-bond donors (Lipinski definition) is 0. The van der Waals surface area contributed by atoms with Crippen molar-refractivity contribution >= 4 is 62.9 Å². The monoisotopic (exact) mass is 577 g/mol. The van der Waals surface area contributed by atoms with Gasteiger partial charge in [-0.2, -0.15) is 0 Å². The Morgan fingerprint density at radius 2 is 1.33 bits per heavy atom. The minimum absolute atomic E-state index is 0.0422. The molecule has 0 saturated heterocycles. The van der Waals surface area contributed by atoms with Crippen molar-refractivity contribution in [2.24, 2.45) is 0 Å². The maximum absolute atomic E-state index is 11.0. The van der Waals surface area contributed by atoms with E-state index in [1.54, 1.807) is 11.3 Å². The van der Waals surface area contributed by atoms with Crippen LogP contribution in [0.3, 0.4) is 0 Å². The molecule has 202 valence electrons. The lowest BCUT2D eigenvalue weighted by Gasteiger charge is -2.22. The van der Waals surface area contributed by atoms with Crippen LogP contribution in [-0.4, -0.2) is 10.9 Å². The highest BCUT2D eigenvalue weighted by Gasteiger charge is 2.35. The Balaban J connectivity index is 1.21. The van der Waals surface area contributed by atoms with Crippen LogP contribution in [0, 0.1) is 0 Å². The lowest BCUT2D eigenvalue weighted by atomic mass is 9.82. The number of aldehydes is 1. The molecule has 2 nitrogen and oxygen atoms in total. The van der Waals surface area contributed by atoms with Crippen LogP contribution in [0.25, 0.3) is 61.2 Å². The summed E-state index contributed by atoms with van der Waals surface area (Å²) in [5.41, 5.74) is 10.3. The van der Waals surface area contributed by atoms with Crippen molar-refractivity contribution in [2.75, 3.05) is 0 Å². The second-order valence-electron chi connectivity index (χ2n) is 11.4. The van der Waals surface area contributed by atoms with Crippen LogP contribution in [0.1, 0.15) is 44.4 Å². The van der Waals surface area contributed by atoms with Crippen molar-refractivity contribution in [3.63, 3.8) is 0 Å². The van der Waals surface area contributed by atoms with Crippen molar-refractivity contribution in [3.05, 3.63) is 135 Å². The van der Waals surface area contributed by atoms with Crippen LogP contribution in [0.5, 0.6) is 0 Å². The van der Waals surface area contributed by atoms with Crippen LogP contribution in [-0.2, 0) is 5.41 Å². The molecule has 0 fully saturated rings. The second kappa shape index (κ2) is 9.52. The number of rotatable bonds is 5. The SMILES string of the molecule is CC1(C)c2ccccc2-c2ccc(-n3c4ccccc4c4cc(-c5ccc(C=Cc6ccc(C=O)s6)s5)ccc43)cc21. The molecule has 0 radical (unpaired) electrons. The van der Waals surface area contributed by atoms with E-state index in [4.69, 9.17) is 0 Å². The van der Waals surface area contributed by atoms with Gasteiger partial charge in [-0.3, -0.25) is 4.79 Å². The molecule has 8 rings (SSSR count). The van der Waals surface area contributed by atoms with Gasteiger partial charge in [-0.05, 0) is 94.6 Å². The molecule has 0 saturated carbocycles. The maximum Gasteiger partial charge on any atom is 0.160 e. The Labute approximate surface area is 252 Å². The Hall–Kier alpha value is -4.51. The number of nitrogens with zero attached hydrogens (tertiary/aromatic N) is 1. The molecule has 0 bridgehead atoms. The Bertz CT molecular complexity index is 2200. The maximum atomic E-state index is 11.0. The van der Waals surface area contributed by atoms with Crippen molar-refractivity contribution in [2.45, 2.75) is 19.3 Å². The van der Waals surface area contributed by atoms with E-state index in [1.807, 2.05) is 12.1 Å². The first-order chi connectivity index (χ1) is 20.5. The first-order valence-corrected chi connectivity index (χ1v) is 15.8. The Morgan fingerprint density at radius 1 is 0.619 bits per heavy atom. The van der Waals surface area contributed by atoms with Gasteiger partial charge in [-0.15, -0.1) is 22.7 Å². The number of aromatic nitrogens is 1. The molecule has 3 heterocycles. The zero-order valence-corrected chi connectivity index (χ0v) is 24.9. The van der Waals surface area contributed by atoms with Gasteiger partial charge < -0.3 is 4.57 Å². The third kappa shape index (κ3) is 3.87. The first kappa shape index (κ1) is 25.2. The summed E-state index contributed by atoms with van der Waals surface area (Å²) in [5.74, 6) is 0. The summed E-state index contributed by atoms with van der Waals surface area (Å²) in [6, 6.07) is 39.6. The molecule has 4 heteroatoms. The molecule has 0 unspecified atom stereocenters. The number of fused-ring (bicyclic) bond motifs is 6. The van der Waals surface area contributed by atoms with E-state index in [1.165, 1.54) is 76.4 Å².